The molecule has 0 saturated carbocycles. The Balaban J connectivity index is 2.18. The number of sulfonamides is 1. The topological polar surface area (TPSA) is 80.5 Å². The lowest BCUT2D eigenvalue weighted by molar-refractivity contribution is -0.129. The van der Waals surface area contributed by atoms with Crippen LogP contribution in [0.3, 0.4) is 0 Å². The van der Waals surface area contributed by atoms with E-state index >= 15 is 0 Å². The molecule has 1 aromatic rings. The van der Waals surface area contributed by atoms with Crippen LogP contribution >= 0.6 is 0 Å². The van der Waals surface area contributed by atoms with Crippen LogP contribution in [0.4, 0.5) is 0 Å². The molecule has 2 unspecified atom stereocenters. The predicted octanol–water partition coefficient (Wildman–Crippen LogP) is 0.945. The van der Waals surface area contributed by atoms with Gasteiger partial charge in [0.25, 0.3) is 0 Å². The fraction of sp³-hybridized carbons (Fsp3) is 0.462. The van der Waals surface area contributed by atoms with E-state index in [9.17, 15) is 13.2 Å². The summed E-state index contributed by atoms with van der Waals surface area (Å²) in [6.07, 6.45) is -0.0188. The lowest BCUT2D eigenvalue weighted by Crippen LogP contribution is -2.33. The van der Waals surface area contributed by atoms with Gasteiger partial charge >= 0.3 is 0 Å². The number of carbonyl (C=O) groups is 1. The highest BCUT2D eigenvalue weighted by molar-refractivity contribution is 7.89. The first kappa shape index (κ1) is 14.0. The molecule has 1 heterocycles. The second kappa shape index (κ2) is 4.94. The van der Waals surface area contributed by atoms with E-state index in [-0.39, 0.29) is 24.9 Å². The molecule has 2 N–H and O–H groups in total. The van der Waals surface area contributed by atoms with Gasteiger partial charge < -0.3 is 4.90 Å². The normalized spacial score (nSPS) is 21.7. The minimum atomic E-state index is -3.65. The first-order valence-corrected chi connectivity index (χ1v) is 7.77. The summed E-state index contributed by atoms with van der Waals surface area (Å²) in [5.74, 6) is -0.160. The molecule has 0 aliphatic carbocycles. The third-order valence-electron chi connectivity index (χ3n) is 3.61. The summed E-state index contributed by atoms with van der Waals surface area (Å²) >= 11 is 0. The standard InChI is InChI=1S/C13H18N2O3S/c1-9-3-5-11(6-4-9)10(2)15-8-12(7-13(15)16)19(14,17)18/h3-6,10,12H,7-8H2,1-2H3,(H2,14,17,18). The molecule has 1 aromatic carbocycles. The summed E-state index contributed by atoms with van der Waals surface area (Å²) in [5.41, 5.74) is 2.14. The Morgan fingerprint density at radius 3 is 2.37 bits per heavy atom. The van der Waals surface area contributed by atoms with Crippen LogP contribution in [0.2, 0.25) is 0 Å². The molecule has 0 radical (unpaired) electrons. The van der Waals surface area contributed by atoms with Gasteiger partial charge in [0.1, 0.15) is 5.25 Å². The Morgan fingerprint density at radius 1 is 1.32 bits per heavy atom. The number of nitrogens with zero attached hydrogens (tertiary/aromatic N) is 1. The molecule has 2 atom stereocenters. The van der Waals surface area contributed by atoms with Crippen molar-refractivity contribution in [3.63, 3.8) is 0 Å². The molecule has 104 valence electrons. The minimum absolute atomic E-state index is 0.0188. The molecule has 0 bridgehead atoms. The lowest BCUT2D eigenvalue weighted by atomic mass is 10.1. The van der Waals surface area contributed by atoms with Gasteiger partial charge in [0.15, 0.2) is 0 Å². The van der Waals surface area contributed by atoms with Gasteiger partial charge in [-0.25, -0.2) is 13.6 Å². The smallest absolute Gasteiger partial charge is 0.224 e. The maximum atomic E-state index is 11.9. The largest absolute Gasteiger partial charge is 0.335 e. The molecule has 1 aliphatic heterocycles. The van der Waals surface area contributed by atoms with Crippen LogP contribution in [-0.4, -0.2) is 31.0 Å². The highest BCUT2D eigenvalue weighted by atomic mass is 32.2. The number of aryl methyl sites for hydroxylation is 1. The van der Waals surface area contributed by atoms with E-state index < -0.39 is 15.3 Å². The summed E-state index contributed by atoms with van der Waals surface area (Å²) in [6, 6.07) is 7.72. The van der Waals surface area contributed by atoms with Gasteiger partial charge in [0, 0.05) is 13.0 Å². The van der Waals surface area contributed by atoms with Gasteiger partial charge in [-0.2, -0.15) is 0 Å². The van der Waals surface area contributed by atoms with Gasteiger partial charge in [-0.1, -0.05) is 29.8 Å². The van der Waals surface area contributed by atoms with Crippen LogP contribution in [0.15, 0.2) is 24.3 Å². The third kappa shape index (κ3) is 2.96. The first-order chi connectivity index (χ1) is 8.79. The molecule has 6 heteroatoms. The number of hydrogen-bond donors (Lipinski definition) is 1. The number of primary sulfonamides is 1. The van der Waals surface area contributed by atoms with Gasteiger partial charge in [0.05, 0.1) is 6.04 Å². The number of hydrogen-bond acceptors (Lipinski definition) is 3. The van der Waals surface area contributed by atoms with Gasteiger partial charge in [-0.05, 0) is 19.4 Å². The van der Waals surface area contributed by atoms with E-state index in [0.717, 1.165) is 11.1 Å². The highest BCUT2D eigenvalue weighted by Gasteiger charge is 2.38. The van der Waals surface area contributed by atoms with Crippen molar-refractivity contribution in [2.45, 2.75) is 31.6 Å². The van der Waals surface area contributed by atoms with Crippen LogP contribution in [0, 0.1) is 6.92 Å². The fourth-order valence-corrected chi connectivity index (χ4v) is 3.06. The second-order valence-corrected chi connectivity index (χ2v) is 6.89. The van der Waals surface area contributed by atoms with E-state index in [1.165, 1.54) is 0 Å². The Hall–Kier alpha value is -1.40. The molecule has 0 spiro atoms. The molecule has 0 aromatic heterocycles. The predicted molar refractivity (Wildman–Crippen MR) is 72.8 cm³/mol. The van der Waals surface area contributed by atoms with Crippen molar-refractivity contribution in [1.82, 2.24) is 4.90 Å². The van der Waals surface area contributed by atoms with Gasteiger partial charge in [-0.3, -0.25) is 4.79 Å². The molecule has 1 aliphatic rings. The number of rotatable bonds is 3. The molecule has 19 heavy (non-hydrogen) atoms. The Bertz CT molecular complexity index is 580. The number of benzene rings is 1. The van der Waals surface area contributed by atoms with Crippen molar-refractivity contribution in [3.05, 3.63) is 35.4 Å². The molecular formula is C13H18N2O3S. The van der Waals surface area contributed by atoms with Crippen LogP contribution in [-0.2, 0) is 14.8 Å². The zero-order valence-electron chi connectivity index (χ0n) is 11.0. The van der Waals surface area contributed by atoms with E-state index in [4.69, 9.17) is 5.14 Å². The number of carbonyl (C=O) groups excluding carboxylic acids is 1. The first-order valence-electron chi connectivity index (χ1n) is 6.16. The van der Waals surface area contributed by atoms with Crippen LogP contribution in [0.25, 0.3) is 0 Å². The SMILES string of the molecule is Cc1ccc(C(C)N2CC(S(N)(=O)=O)CC2=O)cc1. The summed E-state index contributed by atoms with van der Waals surface area (Å²) in [7, 11) is -3.65. The van der Waals surface area contributed by atoms with Crippen molar-refractivity contribution < 1.29 is 13.2 Å². The molecule has 1 amide bonds. The molecular weight excluding hydrogens is 264 g/mol. The number of amides is 1. The molecule has 1 fully saturated rings. The molecule has 1 saturated heterocycles. The van der Waals surface area contributed by atoms with Crippen molar-refractivity contribution >= 4 is 15.9 Å². The summed E-state index contributed by atoms with van der Waals surface area (Å²) in [6.45, 7) is 4.06. The van der Waals surface area contributed by atoms with E-state index in [0.29, 0.717) is 0 Å². The van der Waals surface area contributed by atoms with Crippen molar-refractivity contribution in [2.75, 3.05) is 6.54 Å². The van der Waals surface area contributed by atoms with E-state index in [2.05, 4.69) is 0 Å². The van der Waals surface area contributed by atoms with Crippen molar-refractivity contribution in [2.24, 2.45) is 5.14 Å². The summed E-state index contributed by atoms with van der Waals surface area (Å²) < 4.78 is 22.7. The fourth-order valence-electron chi connectivity index (χ4n) is 2.32. The maximum Gasteiger partial charge on any atom is 0.224 e. The Morgan fingerprint density at radius 2 is 1.89 bits per heavy atom. The average Bonchev–Trinajstić information content (AvgIpc) is 2.71. The van der Waals surface area contributed by atoms with E-state index in [1.807, 2.05) is 38.1 Å². The Kier molecular flexibility index (Phi) is 3.64. The summed E-state index contributed by atoms with van der Waals surface area (Å²) in [4.78, 5) is 13.5. The van der Waals surface area contributed by atoms with Gasteiger partial charge in [0.2, 0.25) is 15.9 Å². The quantitative estimate of drug-likeness (QED) is 0.896. The van der Waals surface area contributed by atoms with E-state index in [1.54, 1.807) is 4.90 Å². The summed E-state index contributed by atoms with van der Waals surface area (Å²) in [5, 5.41) is 4.33. The van der Waals surface area contributed by atoms with Crippen LogP contribution in [0.5, 0.6) is 0 Å². The number of likely N-dealkylation sites (tertiary alicyclic amines) is 1. The lowest BCUT2D eigenvalue weighted by Gasteiger charge is -2.25. The monoisotopic (exact) mass is 282 g/mol. The maximum absolute atomic E-state index is 11.9. The highest BCUT2D eigenvalue weighted by Crippen LogP contribution is 2.27. The van der Waals surface area contributed by atoms with Crippen molar-refractivity contribution in [1.29, 1.82) is 0 Å². The molecule has 5 nitrogen and oxygen atoms in total. The van der Waals surface area contributed by atoms with Crippen LogP contribution < -0.4 is 5.14 Å². The number of nitrogens with two attached hydrogens (primary N) is 1. The third-order valence-corrected chi connectivity index (χ3v) is 4.86. The van der Waals surface area contributed by atoms with Crippen molar-refractivity contribution in [3.8, 4) is 0 Å². The average molecular weight is 282 g/mol. The second-order valence-electron chi connectivity index (χ2n) is 5.05. The molecule has 2 rings (SSSR count). The van der Waals surface area contributed by atoms with Crippen LogP contribution in [0.1, 0.15) is 30.5 Å². The zero-order valence-corrected chi connectivity index (χ0v) is 11.9. The zero-order chi connectivity index (χ0) is 14.2. The Labute approximate surface area is 113 Å². The van der Waals surface area contributed by atoms with Gasteiger partial charge in [-0.15, -0.1) is 0 Å². The minimum Gasteiger partial charge on any atom is -0.335 e.